The summed E-state index contributed by atoms with van der Waals surface area (Å²) in [5.74, 6) is 1.86. The van der Waals surface area contributed by atoms with Crippen LogP contribution in [0.3, 0.4) is 0 Å². The fourth-order valence-corrected chi connectivity index (χ4v) is 4.39. The van der Waals surface area contributed by atoms with Gasteiger partial charge in [0.2, 0.25) is 0 Å². The maximum Gasteiger partial charge on any atom is 0.139 e. The summed E-state index contributed by atoms with van der Waals surface area (Å²) >= 11 is 0. The van der Waals surface area contributed by atoms with E-state index in [0.717, 1.165) is 50.7 Å². The molecule has 120 valence electrons. The Labute approximate surface area is 130 Å². The van der Waals surface area contributed by atoms with Crippen molar-refractivity contribution in [3.05, 3.63) is 0 Å². The first-order valence-electron chi connectivity index (χ1n) is 8.97. The average molecular weight is 292 g/mol. The number of rotatable bonds is 5. The van der Waals surface area contributed by atoms with E-state index in [1.54, 1.807) is 0 Å². The number of hydrogen-bond acceptors (Lipinski definition) is 2. The Kier molecular flexibility index (Phi) is 5.62. The molecule has 0 heterocycles. The van der Waals surface area contributed by atoms with Gasteiger partial charge in [-0.2, -0.15) is 0 Å². The third-order valence-electron chi connectivity index (χ3n) is 6.46. The molecule has 0 N–H and O–H groups in total. The largest absolute Gasteiger partial charge is 0.303 e. The molecule has 2 aliphatic rings. The molecule has 2 fully saturated rings. The lowest BCUT2D eigenvalue weighted by Gasteiger charge is -2.39. The van der Waals surface area contributed by atoms with Gasteiger partial charge in [-0.1, -0.05) is 33.6 Å². The molecule has 0 radical (unpaired) electrons. The van der Waals surface area contributed by atoms with Crippen molar-refractivity contribution in [1.29, 1.82) is 0 Å². The van der Waals surface area contributed by atoms with Gasteiger partial charge in [-0.3, -0.25) is 4.79 Å². The lowest BCUT2D eigenvalue weighted by molar-refractivity contribution is -0.130. The quantitative estimate of drug-likeness (QED) is 0.682. The molecule has 0 bridgehead atoms. The second kappa shape index (κ2) is 7.07. The zero-order valence-corrected chi connectivity index (χ0v) is 14.1. The monoisotopic (exact) mass is 292 g/mol. The standard InChI is InChI=1S/C19H32O2/c1-4-19(2,3)17-10-8-15(9-11-17)18(21)16-7-5-6-14(12-16)13-20/h13-17H,4-12H2,1-3H3. The summed E-state index contributed by atoms with van der Waals surface area (Å²) in [7, 11) is 0. The predicted octanol–water partition coefficient (Wildman–Crippen LogP) is 4.80. The SMILES string of the molecule is CCC(C)(C)C1CCC(C(=O)C2CCCC(C=O)C2)CC1. The summed E-state index contributed by atoms with van der Waals surface area (Å²) in [5, 5.41) is 0. The van der Waals surface area contributed by atoms with E-state index in [0.29, 0.717) is 11.2 Å². The molecule has 2 heteroatoms. The van der Waals surface area contributed by atoms with Crippen LogP contribution in [0.4, 0.5) is 0 Å². The zero-order chi connectivity index (χ0) is 15.5. The first kappa shape index (κ1) is 16.7. The third-order valence-corrected chi connectivity index (χ3v) is 6.46. The highest BCUT2D eigenvalue weighted by Gasteiger charge is 2.37. The van der Waals surface area contributed by atoms with Gasteiger partial charge in [-0.15, -0.1) is 0 Å². The van der Waals surface area contributed by atoms with Crippen molar-refractivity contribution in [3.63, 3.8) is 0 Å². The van der Waals surface area contributed by atoms with Gasteiger partial charge in [-0.25, -0.2) is 0 Å². The van der Waals surface area contributed by atoms with Crippen LogP contribution < -0.4 is 0 Å². The molecule has 0 aromatic rings. The van der Waals surface area contributed by atoms with Crippen LogP contribution in [0.1, 0.15) is 78.6 Å². The molecule has 2 saturated carbocycles. The van der Waals surface area contributed by atoms with Crippen molar-refractivity contribution >= 4 is 12.1 Å². The van der Waals surface area contributed by atoms with Gasteiger partial charge in [0, 0.05) is 17.8 Å². The fraction of sp³-hybridized carbons (Fsp3) is 0.895. The van der Waals surface area contributed by atoms with E-state index in [1.165, 1.54) is 19.3 Å². The van der Waals surface area contributed by atoms with E-state index in [1.807, 2.05) is 0 Å². The topological polar surface area (TPSA) is 34.1 Å². The number of carbonyl (C=O) groups excluding carboxylic acids is 2. The molecule has 0 spiro atoms. The Balaban J connectivity index is 1.87. The molecule has 0 amide bonds. The molecular formula is C19H32O2. The fourth-order valence-electron chi connectivity index (χ4n) is 4.39. The van der Waals surface area contributed by atoms with Gasteiger partial charge in [0.25, 0.3) is 0 Å². The van der Waals surface area contributed by atoms with Gasteiger partial charge in [0.1, 0.15) is 12.1 Å². The van der Waals surface area contributed by atoms with Crippen LogP contribution in [0, 0.1) is 29.1 Å². The number of Topliss-reactive ketones (excluding diaryl/α,β-unsaturated/α-hetero) is 1. The molecule has 2 unspecified atom stereocenters. The molecule has 2 aliphatic carbocycles. The van der Waals surface area contributed by atoms with Crippen molar-refractivity contribution in [2.24, 2.45) is 29.1 Å². The molecule has 2 nitrogen and oxygen atoms in total. The Bertz CT molecular complexity index is 364. The lowest BCUT2D eigenvalue weighted by Crippen LogP contribution is -2.34. The highest BCUT2D eigenvalue weighted by Crippen LogP contribution is 2.43. The normalized spacial score (nSPS) is 34.4. The van der Waals surface area contributed by atoms with Crippen LogP contribution in [0.5, 0.6) is 0 Å². The van der Waals surface area contributed by atoms with E-state index in [9.17, 15) is 9.59 Å². The molecule has 0 saturated heterocycles. The second-order valence-corrected chi connectivity index (χ2v) is 8.05. The summed E-state index contributed by atoms with van der Waals surface area (Å²) in [6.07, 6.45) is 10.8. The number of carbonyl (C=O) groups is 2. The van der Waals surface area contributed by atoms with E-state index in [4.69, 9.17) is 0 Å². The Morgan fingerprint density at radius 2 is 1.71 bits per heavy atom. The third kappa shape index (κ3) is 3.96. The summed E-state index contributed by atoms with van der Waals surface area (Å²) < 4.78 is 0. The maximum absolute atomic E-state index is 12.7. The Hall–Kier alpha value is -0.660. The summed E-state index contributed by atoms with van der Waals surface area (Å²) in [4.78, 5) is 23.7. The molecule has 0 aromatic heterocycles. The maximum atomic E-state index is 12.7. The first-order valence-corrected chi connectivity index (χ1v) is 8.97. The minimum atomic E-state index is 0.142. The Morgan fingerprint density at radius 3 is 2.29 bits per heavy atom. The molecule has 0 aliphatic heterocycles. The van der Waals surface area contributed by atoms with E-state index < -0.39 is 0 Å². The van der Waals surface area contributed by atoms with Gasteiger partial charge < -0.3 is 4.79 Å². The van der Waals surface area contributed by atoms with Crippen molar-refractivity contribution in [3.8, 4) is 0 Å². The van der Waals surface area contributed by atoms with Crippen LogP contribution >= 0.6 is 0 Å². The van der Waals surface area contributed by atoms with E-state index >= 15 is 0 Å². The van der Waals surface area contributed by atoms with Crippen molar-refractivity contribution in [2.75, 3.05) is 0 Å². The molecule has 0 aromatic carbocycles. The van der Waals surface area contributed by atoms with Gasteiger partial charge in [0.15, 0.2) is 0 Å². The first-order chi connectivity index (χ1) is 9.97. The number of hydrogen-bond donors (Lipinski definition) is 0. The summed E-state index contributed by atoms with van der Waals surface area (Å²) in [6, 6.07) is 0. The van der Waals surface area contributed by atoms with Crippen LogP contribution in [0.2, 0.25) is 0 Å². The molecule has 2 rings (SSSR count). The van der Waals surface area contributed by atoms with E-state index in [-0.39, 0.29) is 17.8 Å². The molecule has 21 heavy (non-hydrogen) atoms. The van der Waals surface area contributed by atoms with Crippen molar-refractivity contribution in [1.82, 2.24) is 0 Å². The predicted molar refractivity (Wildman–Crippen MR) is 86.0 cm³/mol. The van der Waals surface area contributed by atoms with Crippen LogP contribution in [0.25, 0.3) is 0 Å². The smallest absolute Gasteiger partial charge is 0.139 e. The van der Waals surface area contributed by atoms with Crippen LogP contribution in [0.15, 0.2) is 0 Å². The highest BCUT2D eigenvalue weighted by atomic mass is 16.1. The zero-order valence-electron chi connectivity index (χ0n) is 14.1. The van der Waals surface area contributed by atoms with Crippen LogP contribution in [-0.4, -0.2) is 12.1 Å². The number of ketones is 1. The minimum absolute atomic E-state index is 0.142. The van der Waals surface area contributed by atoms with Gasteiger partial charge >= 0.3 is 0 Å². The Morgan fingerprint density at radius 1 is 1.05 bits per heavy atom. The average Bonchev–Trinajstić information content (AvgIpc) is 2.54. The van der Waals surface area contributed by atoms with Gasteiger partial charge in [-0.05, 0) is 56.3 Å². The van der Waals surface area contributed by atoms with E-state index in [2.05, 4.69) is 20.8 Å². The number of aldehydes is 1. The minimum Gasteiger partial charge on any atom is -0.303 e. The molecular weight excluding hydrogens is 260 g/mol. The van der Waals surface area contributed by atoms with Gasteiger partial charge in [0.05, 0.1) is 0 Å². The van der Waals surface area contributed by atoms with Crippen molar-refractivity contribution < 1.29 is 9.59 Å². The van der Waals surface area contributed by atoms with Crippen LogP contribution in [-0.2, 0) is 9.59 Å². The highest BCUT2D eigenvalue weighted by molar-refractivity contribution is 5.84. The summed E-state index contributed by atoms with van der Waals surface area (Å²) in [6.45, 7) is 7.02. The summed E-state index contributed by atoms with van der Waals surface area (Å²) in [5.41, 5.74) is 0.418. The lowest BCUT2D eigenvalue weighted by atomic mass is 9.65. The van der Waals surface area contributed by atoms with Crippen molar-refractivity contribution in [2.45, 2.75) is 78.6 Å². The molecule has 2 atom stereocenters. The second-order valence-electron chi connectivity index (χ2n) is 8.05.